The molecule has 0 N–H and O–H groups in total. The van der Waals surface area contributed by atoms with Crippen molar-refractivity contribution >= 4 is 11.8 Å². The van der Waals surface area contributed by atoms with Gasteiger partial charge in [0.2, 0.25) is 0 Å². The number of benzene rings is 1. The molecule has 0 spiro atoms. The number of ether oxygens (including phenoxy) is 2. The van der Waals surface area contributed by atoms with Crippen LogP contribution < -0.4 is 9.47 Å². The van der Waals surface area contributed by atoms with Gasteiger partial charge in [0.25, 0.3) is 11.8 Å². The van der Waals surface area contributed by atoms with Crippen LogP contribution in [0.25, 0.3) is 0 Å². The Morgan fingerprint density at radius 1 is 1.00 bits per heavy atom. The van der Waals surface area contributed by atoms with Crippen LogP contribution in [0.1, 0.15) is 68.6 Å². The van der Waals surface area contributed by atoms with E-state index in [9.17, 15) is 9.59 Å². The Morgan fingerprint density at radius 2 is 1.70 bits per heavy atom. The molecule has 0 bridgehead atoms. The van der Waals surface area contributed by atoms with Crippen molar-refractivity contribution in [2.45, 2.75) is 58.3 Å². The zero-order chi connectivity index (χ0) is 21.3. The first-order valence-corrected chi connectivity index (χ1v) is 11.5. The number of amides is 2. The minimum Gasteiger partial charge on any atom is -0.490 e. The number of hydrogen-bond acceptors (Lipinski definition) is 4. The van der Waals surface area contributed by atoms with Gasteiger partial charge in [0, 0.05) is 32.2 Å². The maximum absolute atomic E-state index is 12.9. The Morgan fingerprint density at radius 3 is 2.40 bits per heavy atom. The molecule has 3 rings (SSSR count). The third-order valence-electron chi connectivity index (χ3n) is 6.15. The van der Waals surface area contributed by atoms with Crippen LogP contribution in [-0.4, -0.2) is 61.5 Å². The van der Waals surface area contributed by atoms with Gasteiger partial charge in [0.05, 0.1) is 6.61 Å². The van der Waals surface area contributed by atoms with Crippen LogP contribution in [0, 0.1) is 5.92 Å². The van der Waals surface area contributed by atoms with Crippen LogP contribution in [-0.2, 0) is 4.79 Å². The Kier molecular flexibility index (Phi) is 8.40. The molecule has 6 nitrogen and oxygen atoms in total. The molecule has 0 aromatic heterocycles. The molecule has 1 aromatic carbocycles. The first kappa shape index (κ1) is 22.4. The lowest BCUT2D eigenvalue weighted by atomic mass is 9.89. The van der Waals surface area contributed by atoms with Crippen molar-refractivity contribution in [3.05, 3.63) is 23.8 Å². The Labute approximate surface area is 180 Å². The van der Waals surface area contributed by atoms with Crippen LogP contribution in [0.4, 0.5) is 0 Å². The number of carbonyl (C=O) groups excluding carboxylic acids is 2. The normalized spacial score (nSPS) is 17.5. The molecule has 2 fully saturated rings. The fourth-order valence-electron chi connectivity index (χ4n) is 4.46. The maximum atomic E-state index is 12.9. The lowest BCUT2D eigenvalue weighted by Gasteiger charge is -2.27. The number of piperidine rings is 1. The van der Waals surface area contributed by atoms with Crippen molar-refractivity contribution in [2.75, 3.05) is 39.9 Å². The first-order chi connectivity index (χ1) is 14.6. The zero-order valence-electron chi connectivity index (χ0n) is 18.5. The molecule has 1 heterocycles. The molecular formula is C24H36N2O4. The maximum Gasteiger partial charge on any atom is 0.260 e. The van der Waals surface area contributed by atoms with Gasteiger partial charge in [0.1, 0.15) is 0 Å². The molecule has 6 heteroatoms. The van der Waals surface area contributed by atoms with E-state index < -0.39 is 0 Å². The Balaban J connectivity index is 1.61. The quantitative estimate of drug-likeness (QED) is 0.639. The molecule has 0 unspecified atom stereocenters. The molecule has 0 atom stereocenters. The zero-order valence-corrected chi connectivity index (χ0v) is 18.5. The largest absolute Gasteiger partial charge is 0.490 e. The highest BCUT2D eigenvalue weighted by Gasteiger charge is 2.21. The molecule has 2 amide bonds. The number of nitrogens with zero attached hydrogens (tertiary/aromatic N) is 2. The van der Waals surface area contributed by atoms with E-state index in [1.807, 2.05) is 23.8 Å². The fraction of sp³-hybridized carbons (Fsp3) is 0.667. The number of rotatable bonds is 8. The van der Waals surface area contributed by atoms with Crippen molar-refractivity contribution in [3.8, 4) is 11.5 Å². The van der Waals surface area contributed by atoms with Crippen LogP contribution in [0.15, 0.2) is 18.2 Å². The highest BCUT2D eigenvalue weighted by atomic mass is 16.5. The summed E-state index contributed by atoms with van der Waals surface area (Å²) in [6.45, 7) is 4.77. The molecular weight excluding hydrogens is 380 g/mol. The molecule has 1 saturated heterocycles. The minimum absolute atomic E-state index is 0.00234. The minimum atomic E-state index is -0.00501. The Bertz CT molecular complexity index is 709. The van der Waals surface area contributed by atoms with Gasteiger partial charge in [-0.25, -0.2) is 0 Å². The number of hydrogen-bond donors (Lipinski definition) is 0. The van der Waals surface area contributed by atoms with Crippen molar-refractivity contribution in [1.29, 1.82) is 0 Å². The van der Waals surface area contributed by atoms with Crippen LogP contribution >= 0.6 is 0 Å². The first-order valence-electron chi connectivity index (χ1n) is 11.5. The van der Waals surface area contributed by atoms with E-state index in [1.54, 1.807) is 18.2 Å². The highest BCUT2D eigenvalue weighted by molar-refractivity contribution is 5.94. The van der Waals surface area contributed by atoms with Crippen molar-refractivity contribution in [1.82, 2.24) is 9.80 Å². The summed E-state index contributed by atoms with van der Waals surface area (Å²) in [4.78, 5) is 29.0. The summed E-state index contributed by atoms with van der Waals surface area (Å²) in [5.41, 5.74) is 0.589. The third-order valence-corrected chi connectivity index (χ3v) is 6.15. The SMILES string of the molecule is CCOc1cc(C(=O)N(C)CC2CCCCC2)ccc1OCC(=O)N1CCCCC1. The summed E-state index contributed by atoms with van der Waals surface area (Å²) >= 11 is 0. The van der Waals surface area contributed by atoms with E-state index in [-0.39, 0.29) is 18.4 Å². The van der Waals surface area contributed by atoms with Gasteiger partial charge in [-0.1, -0.05) is 19.3 Å². The van der Waals surface area contributed by atoms with Crippen molar-refractivity contribution in [3.63, 3.8) is 0 Å². The predicted molar refractivity (Wildman–Crippen MR) is 117 cm³/mol. The van der Waals surface area contributed by atoms with E-state index in [0.717, 1.165) is 32.5 Å². The number of carbonyl (C=O) groups is 2. The highest BCUT2D eigenvalue weighted by Crippen LogP contribution is 2.30. The molecule has 1 aliphatic carbocycles. The second-order valence-corrected chi connectivity index (χ2v) is 8.51. The molecule has 30 heavy (non-hydrogen) atoms. The summed E-state index contributed by atoms with van der Waals surface area (Å²) in [6, 6.07) is 5.25. The average Bonchev–Trinajstić information content (AvgIpc) is 2.79. The van der Waals surface area contributed by atoms with E-state index in [0.29, 0.717) is 29.6 Å². The molecule has 0 radical (unpaired) electrons. The van der Waals surface area contributed by atoms with Gasteiger partial charge in [0.15, 0.2) is 18.1 Å². The van der Waals surface area contributed by atoms with Gasteiger partial charge in [-0.15, -0.1) is 0 Å². The smallest absolute Gasteiger partial charge is 0.260 e. The third kappa shape index (κ3) is 6.13. The van der Waals surface area contributed by atoms with Gasteiger partial charge in [-0.05, 0) is 63.1 Å². The van der Waals surface area contributed by atoms with Crippen LogP contribution in [0.5, 0.6) is 11.5 Å². The molecule has 2 aliphatic rings. The van der Waals surface area contributed by atoms with E-state index in [2.05, 4.69) is 0 Å². The summed E-state index contributed by atoms with van der Waals surface area (Å²) in [5.74, 6) is 1.62. The summed E-state index contributed by atoms with van der Waals surface area (Å²) in [5, 5.41) is 0. The summed E-state index contributed by atoms with van der Waals surface area (Å²) in [6.07, 6.45) is 9.56. The fourth-order valence-corrected chi connectivity index (χ4v) is 4.46. The second-order valence-electron chi connectivity index (χ2n) is 8.51. The van der Waals surface area contributed by atoms with E-state index in [1.165, 1.54) is 38.5 Å². The molecule has 166 valence electrons. The van der Waals surface area contributed by atoms with E-state index >= 15 is 0 Å². The predicted octanol–water partition coefficient (Wildman–Crippen LogP) is 4.13. The average molecular weight is 417 g/mol. The van der Waals surface area contributed by atoms with Gasteiger partial charge >= 0.3 is 0 Å². The summed E-state index contributed by atoms with van der Waals surface area (Å²) < 4.78 is 11.5. The van der Waals surface area contributed by atoms with Crippen molar-refractivity contribution < 1.29 is 19.1 Å². The van der Waals surface area contributed by atoms with Gasteiger partial charge in [-0.3, -0.25) is 9.59 Å². The molecule has 1 saturated carbocycles. The standard InChI is InChI=1S/C24H36N2O4/c1-3-29-22-16-20(24(28)25(2)17-19-10-6-4-7-11-19)12-13-21(22)30-18-23(27)26-14-8-5-9-15-26/h12-13,16,19H,3-11,14-15,17-18H2,1-2H3. The number of likely N-dealkylation sites (tertiary alicyclic amines) is 1. The molecule has 1 aromatic rings. The van der Waals surface area contributed by atoms with Crippen LogP contribution in [0.3, 0.4) is 0 Å². The topological polar surface area (TPSA) is 59.1 Å². The molecule has 1 aliphatic heterocycles. The van der Waals surface area contributed by atoms with Gasteiger partial charge < -0.3 is 19.3 Å². The monoisotopic (exact) mass is 416 g/mol. The van der Waals surface area contributed by atoms with E-state index in [4.69, 9.17) is 9.47 Å². The Hall–Kier alpha value is -2.24. The van der Waals surface area contributed by atoms with Crippen LogP contribution in [0.2, 0.25) is 0 Å². The van der Waals surface area contributed by atoms with Crippen molar-refractivity contribution in [2.24, 2.45) is 5.92 Å². The van der Waals surface area contributed by atoms with Gasteiger partial charge in [-0.2, -0.15) is 0 Å². The summed E-state index contributed by atoms with van der Waals surface area (Å²) in [7, 11) is 1.87. The second kappa shape index (κ2) is 11.2. The lowest BCUT2D eigenvalue weighted by molar-refractivity contribution is -0.134. The lowest BCUT2D eigenvalue weighted by Crippen LogP contribution is -2.38.